The molecule has 0 N–H and O–H groups in total. The number of carbonyl (C=O) groups is 1. The molecule has 0 aromatic carbocycles. The third-order valence-corrected chi connectivity index (χ3v) is 10.6. The van der Waals surface area contributed by atoms with Gasteiger partial charge in [0.25, 0.3) is 0 Å². The maximum absolute atomic E-state index is 13.0. The minimum Gasteiger partial charge on any atom is -0.413 e. The third-order valence-electron chi connectivity index (χ3n) is 6.10. The summed E-state index contributed by atoms with van der Waals surface area (Å²) in [4.78, 5) is 13.0. The summed E-state index contributed by atoms with van der Waals surface area (Å²) < 4.78 is 6.68. The molecule has 1 fully saturated rings. The summed E-state index contributed by atoms with van der Waals surface area (Å²) in [5.74, 6) is 1.71. The number of Topliss-reactive ketones (excluding diaryl/α,β-unsaturated/α-hetero) is 1. The Balaban J connectivity index is 2.99. The van der Waals surface area contributed by atoms with Gasteiger partial charge in [-0.05, 0) is 49.2 Å². The summed E-state index contributed by atoms with van der Waals surface area (Å²) in [6, 6.07) is 0. The monoisotopic (exact) mass is 326 g/mol. The standard InChI is InChI=1S/C19H38O2Si/c1-10-16(21-22(8,9)19(5,6)7)17-14(4)11-12-15(13(2)3)18(17)20/h13-17H,10-12H2,1-9H3/t14-,15-,16-,17-/m1/s1. The first kappa shape index (κ1) is 19.9. The molecule has 1 aliphatic carbocycles. The van der Waals surface area contributed by atoms with Crippen LogP contribution in [0.5, 0.6) is 0 Å². The smallest absolute Gasteiger partial charge is 0.192 e. The first-order chi connectivity index (χ1) is 9.92. The van der Waals surface area contributed by atoms with E-state index in [1.54, 1.807) is 0 Å². The SMILES string of the molecule is CC[C@@H](O[Si](C)(C)C(C)(C)C)[C@@H]1C(=O)[C@@H](C(C)C)CC[C@H]1C. The second-order valence-corrected chi connectivity index (χ2v) is 13.9. The molecule has 22 heavy (non-hydrogen) atoms. The lowest BCUT2D eigenvalue weighted by Gasteiger charge is -2.44. The van der Waals surface area contributed by atoms with E-state index in [9.17, 15) is 4.79 Å². The summed E-state index contributed by atoms with van der Waals surface area (Å²) in [6.45, 7) is 20.2. The van der Waals surface area contributed by atoms with Gasteiger partial charge in [-0.3, -0.25) is 4.79 Å². The van der Waals surface area contributed by atoms with Gasteiger partial charge in [-0.15, -0.1) is 0 Å². The highest BCUT2D eigenvalue weighted by molar-refractivity contribution is 6.74. The zero-order chi connectivity index (χ0) is 17.3. The zero-order valence-electron chi connectivity index (χ0n) is 16.3. The van der Waals surface area contributed by atoms with Crippen molar-refractivity contribution in [2.45, 2.75) is 92.0 Å². The molecule has 4 atom stereocenters. The quantitative estimate of drug-likeness (QED) is 0.608. The molecular formula is C19H38O2Si. The Hall–Kier alpha value is -0.153. The topological polar surface area (TPSA) is 26.3 Å². The molecular weight excluding hydrogens is 288 g/mol. The maximum atomic E-state index is 13.0. The molecule has 0 aromatic heterocycles. The Bertz CT molecular complexity index is 381. The van der Waals surface area contributed by atoms with Gasteiger partial charge in [0.15, 0.2) is 8.32 Å². The van der Waals surface area contributed by atoms with E-state index in [2.05, 4.69) is 61.6 Å². The summed E-state index contributed by atoms with van der Waals surface area (Å²) in [5, 5.41) is 0.193. The fourth-order valence-electron chi connectivity index (χ4n) is 3.47. The molecule has 1 aliphatic rings. The molecule has 0 unspecified atom stereocenters. The Morgan fingerprint density at radius 1 is 1.23 bits per heavy atom. The minimum atomic E-state index is -1.83. The highest BCUT2D eigenvalue weighted by atomic mass is 28.4. The minimum absolute atomic E-state index is 0.0975. The van der Waals surface area contributed by atoms with Crippen molar-refractivity contribution in [3.8, 4) is 0 Å². The van der Waals surface area contributed by atoms with Crippen molar-refractivity contribution in [2.24, 2.45) is 23.7 Å². The third kappa shape index (κ3) is 4.23. The van der Waals surface area contributed by atoms with Crippen molar-refractivity contribution in [3.05, 3.63) is 0 Å². The number of ketones is 1. The largest absolute Gasteiger partial charge is 0.413 e. The lowest BCUT2D eigenvalue weighted by molar-refractivity contribution is -0.137. The van der Waals surface area contributed by atoms with E-state index >= 15 is 0 Å². The maximum Gasteiger partial charge on any atom is 0.192 e. The molecule has 0 spiro atoms. The highest BCUT2D eigenvalue weighted by Gasteiger charge is 2.45. The molecule has 0 heterocycles. The van der Waals surface area contributed by atoms with E-state index in [1.807, 2.05) is 0 Å². The van der Waals surface area contributed by atoms with Crippen LogP contribution in [0.25, 0.3) is 0 Å². The first-order valence-corrected chi connectivity index (χ1v) is 12.0. The van der Waals surface area contributed by atoms with Crippen LogP contribution in [0.2, 0.25) is 18.1 Å². The normalized spacial score (nSPS) is 29.0. The van der Waals surface area contributed by atoms with Crippen molar-refractivity contribution in [3.63, 3.8) is 0 Å². The zero-order valence-corrected chi connectivity index (χ0v) is 17.3. The van der Waals surface area contributed by atoms with Crippen LogP contribution in [-0.2, 0) is 9.22 Å². The van der Waals surface area contributed by atoms with Crippen molar-refractivity contribution >= 4 is 14.1 Å². The van der Waals surface area contributed by atoms with Crippen LogP contribution in [0.3, 0.4) is 0 Å². The van der Waals surface area contributed by atoms with E-state index in [0.29, 0.717) is 17.6 Å². The second kappa shape index (κ2) is 7.17. The van der Waals surface area contributed by atoms with Gasteiger partial charge in [0, 0.05) is 11.8 Å². The number of carbonyl (C=O) groups excluding carboxylic acids is 1. The molecule has 0 radical (unpaired) electrons. The Labute approximate surface area is 139 Å². The van der Waals surface area contributed by atoms with Crippen LogP contribution in [-0.4, -0.2) is 20.2 Å². The Morgan fingerprint density at radius 3 is 2.18 bits per heavy atom. The van der Waals surface area contributed by atoms with Crippen LogP contribution < -0.4 is 0 Å². The average molecular weight is 327 g/mol. The summed E-state index contributed by atoms with van der Waals surface area (Å²) >= 11 is 0. The summed E-state index contributed by atoms with van der Waals surface area (Å²) in [7, 11) is -1.83. The van der Waals surface area contributed by atoms with E-state index in [-0.39, 0.29) is 23.0 Å². The molecule has 2 nitrogen and oxygen atoms in total. The molecule has 0 aromatic rings. The number of hydrogen-bond donors (Lipinski definition) is 0. The molecule has 1 saturated carbocycles. The first-order valence-electron chi connectivity index (χ1n) is 9.14. The van der Waals surface area contributed by atoms with Crippen molar-refractivity contribution in [2.75, 3.05) is 0 Å². The van der Waals surface area contributed by atoms with Gasteiger partial charge in [-0.2, -0.15) is 0 Å². The van der Waals surface area contributed by atoms with Gasteiger partial charge in [-0.1, -0.05) is 48.5 Å². The van der Waals surface area contributed by atoms with Crippen LogP contribution in [0, 0.1) is 23.7 Å². The van der Waals surface area contributed by atoms with Gasteiger partial charge in [0.2, 0.25) is 0 Å². The van der Waals surface area contributed by atoms with Crippen molar-refractivity contribution in [1.82, 2.24) is 0 Å². The van der Waals surface area contributed by atoms with E-state index in [4.69, 9.17) is 4.43 Å². The fourth-order valence-corrected chi connectivity index (χ4v) is 4.89. The molecule has 1 rings (SSSR count). The fraction of sp³-hybridized carbons (Fsp3) is 0.947. The molecule has 0 bridgehead atoms. The van der Waals surface area contributed by atoms with Crippen LogP contribution >= 0.6 is 0 Å². The Morgan fingerprint density at radius 2 is 1.77 bits per heavy atom. The van der Waals surface area contributed by atoms with Gasteiger partial charge < -0.3 is 4.43 Å². The molecule has 3 heteroatoms. The van der Waals surface area contributed by atoms with Gasteiger partial charge in [0.1, 0.15) is 5.78 Å². The molecule has 0 aliphatic heterocycles. The molecule has 0 amide bonds. The van der Waals surface area contributed by atoms with Gasteiger partial charge in [-0.25, -0.2) is 0 Å². The van der Waals surface area contributed by atoms with Crippen LogP contribution in [0.4, 0.5) is 0 Å². The Kier molecular flexibility index (Phi) is 6.48. The lowest BCUT2D eigenvalue weighted by atomic mass is 9.68. The van der Waals surface area contributed by atoms with Crippen molar-refractivity contribution < 1.29 is 9.22 Å². The summed E-state index contributed by atoms with van der Waals surface area (Å²) in [5.41, 5.74) is 0. The van der Waals surface area contributed by atoms with E-state index in [1.165, 1.54) is 0 Å². The number of rotatable bonds is 5. The van der Waals surface area contributed by atoms with Crippen LogP contribution in [0.1, 0.15) is 67.7 Å². The average Bonchev–Trinajstić information content (AvgIpc) is 2.35. The predicted octanol–water partition coefficient (Wildman–Crippen LogP) is 5.67. The second-order valence-electron chi connectivity index (χ2n) is 9.16. The van der Waals surface area contributed by atoms with Gasteiger partial charge in [0.05, 0.1) is 6.10 Å². The van der Waals surface area contributed by atoms with Crippen LogP contribution in [0.15, 0.2) is 0 Å². The molecule has 0 saturated heterocycles. The van der Waals surface area contributed by atoms with E-state index in [0.717, 1.165) is 19.3 Å². The summed E-state index contributed by atoms with van der Waals surface area (Å²) in [6.07, 6.45) is 3.27. The van der Waals surface area contributed by atoms with Gasteiger partial charge >= 0.3 is 0 Å². The lowest BCUT2D eigenvalue weighted by Crippen LogP contribution is -2.50. The van der Waals surface area contributed by atoms with Crippen molar-refractivity contribution in [1.29, 1.82) is 0 Å². The molecule has 130 valence electrons. The van der Waals surface area contributed by atoms with E-state index < -0.39 is 8.32 Å². The highest BCUT2D eigenvalue weighted by Crippen LogP contribution is 2.42. The number of hydrogen-bond acceptors (Lipinski definition) is 2. The predicted molar refractivity (Wildman–Crippen MR) is 97.6 cm³/mol.